The van der Waals surface area contributed by atoms with Crippen LogP contribution < -0.4 is 0 Å². The van der Waals surface area contributed by atoms with E-state index in [1.54, 1.807) is 0 Å². The van der Waals surface area contributed by atoms with Gasteiger partial charge in [0.1, 0.15) is 12.2 Å². The average Bonchev–Trinajstić information content (AvgIpc) is 2.48. The zero-order chi connectivity index (χ0) is 26.6. The summed E-state index contributed by atoms with van der Waals surface area (Å²) in [5, 5.41) is 0. The molecule has 7 nitrogen and oxygen atoms in total. The Balaban J connectivity index is 6.50. The Hall–Kier alpha value is 0.0644. The second-order valence-corrected chi connectivity index (χ2v) is 35.7. The third kappa shape index (κ3) is 16.4. The van der Waals surface area contributed by atoms with Crippen LogP contribution in [0, 0.1) is 0 Å². The van der Waals surface area contributed by atoms with Crippen molar-refractivity contribution in [3.63, 3.8) is 0 Å². The Morgan fingerprint density at radius 2 is 1.00 bits per heavy atom. The summed E-state index contributed by atoms with van der Waals surface area (Å²) in [5.41, 5.74) is 0. The molecule has 3 atom stereocenters. The van der Waals surface area contributed by atoms with Gasteiger partial charge in [-0.15, -0.1) is 0 Å². The van der Waals surface area contributed by atoms with E-state index in [0.717, 1.165) is 0 Å². The van der Waals surface area contributed by atoms with Crippen molar-refractivity contribution in [2.24, 2.45) is 0 Å². The number of carbonyl (C=O) groups is 2. The molecule has 0 aliphatic carbocycles. The fraction of sp³-hybridized carbons (Fsp3) is 0.905. The van der Waals surface area contributed by atoms with Crippen LogP contribution in [0.15, 0.2) is 0 Å². The summed E-state index contributed by atoms with van der Waals surface area (Å²) in [6.07, 6.45) is -2.38. The molecule has 196 valence electrons. The molecule has 0 saturated carbocycles. The van der Waals surface area contributed by atoms with Gasteiger partial charge in [0.2, 0.25) is 8.32 Å². The summed E-state index contributed by atoms with van der Waals surface area (Å²) in [4.78, 5) is 26.4. The summed E-state index contributed by atoms with van der Waals surface area (Å²) >= 11 is 0. The smallest absolute Gasteiger partial charge is 0.364 e. The van der Waals surface area contributed by atoms with E-state index in [1.807, 2.05) is 39.3 Å². The summed E-state index contributed by atoms with van der Waals surface area (Å²) in [6, 6.07) is 0. The summed E-state index contributed by atoms with van der Waals surface area (Å²) < 4.78 is 31.3. The van der Waals surface area contributed by atoms with Gasteiger partial charge in [0.15, 0.2) is 33.3 Å². The fourth-order valence-electron chi connectivity index (χ4n) is 2.82. The van der Waals surface area contributed by atoms with E-state index >= 15 is 0 Å². The predicted octanol–water partition coefficient (Wildman–Crippen LogP) is 5.45. The van der Waals surface area contributed by atoms with Gasteiger partial charge in [-0.1, -0.05) is 0 Å². The van der Waals surface area contributed by atoms with E-state index < -0.39 is 71.7 Å². The third-order valence-corrected chi connectivity index (χ3v) is 8.46. The molecule has 0 N–H and O–H groups in total. The first-order chi connectivity index (χ1) is 14.3. The molecule has 12 heteroatoms. The van der Waals surface area contributed by atoms with Crippen LogP contribution in [-0.4, -0.2) is 78.3 Å². The second-order valence-electron chi connectivity index (χ2n) is 13.4. The molecule has 0 aromatic rings. The standard InChI is InChI=1S/C21H50O7Si5/c1-29(2,3)24-16-17(25-30(4,5)6)19(26-31(7,8)9)20(27-32(10,11)12)18(22)21(23)28-33(13,14)15/h17,19-20H,16H2,1-15H3/t17-,19-,20-/m1/s1. The molecular formula is C21H50O7Si5. The van der Waals surface area contributed by atoms with E-state index in [2.05, 4.69) is 58.9 Å². The largest absolute Gasteiger partial charge is 0.514 e. The van der Waals surface area contributed by atoms with Gasteiger partial charge in [0.25, 0.3) is 5.78 Å². The highest BCUT2D eigenvalue weighted by Gasteiger charge is 2.46. The number of hydrogen-bond donors (Lipinski definition) is 0. The fourth-order valence-corrected chi connectivity index (χ4v) is 7.34. The van der Waals surface area contributed by atoms with Crippen molar-refractivity contribution in [1.29, 1.82) is 0 Å². The van der Waals surface area contributed by atoms with Crippen molar-refractivity contribution < 1.29 is 31.7 Å². The normalized spacial score (nSPS) is 16.8. The monoisotopic (exact) mass is 554 g/mol. The molecule has 0 amide bonds. The van der Waals surface area contributed by atoms with E-state index in [4.69, 9.17) is 22.1 Å². The lowest BCUT2D eigenvalue weighted by Gasteiger charge is -2.41. The van der Waals surface area contributed by atoms with Gasteiger partial charge < -0.3 is 22.1 Å². The molecule has 0 aromatic heterocycles. The highest BCUT2D eigenvalue weighted by Crippen LogP contribution is 2.26. The Morgan fingerprint density at radius 3 is 1.33 bits per heavy atom. The zero-order valence-corrected chi connectivity index (χ0v) is 28.8. The van der Waals surface area contributed by atoms with Crippen molar-refractivity contribution in [1.82, 2.24) is 0 Å². The first kappa shape index (κ1) is 33.1. The second kappa shape index (κ2) is 11.9. The average molecular weight is 555 g/mol. The lowest BCUT2D eigenvalue weighted by atomic mass is 10.1. The summed E-state index contributed by atoms with van der Waals surface area (Å²) in [5.74, 6) is -1.54. The molecule has 0 aliphatic heterocycles. The molecule has 0 radical (unpaired) electrons. The van der Waals surface area contributed by atoms with Gasteiger partial charge in [-0.25, -0.2) is 4.79 Å². The SMILES string of the molecule is C[Si](C)(C)OC[C@@H](O[Si](C)(C)C)[C@@H](O[Si](C)(C)C)[C@H](O[Si](C)(C)C)C(=O)C(=O)O[Si](C)(C)C. The van der Waals surface area contributed by atoms with E-state index in [0.29, 0.717) is 0 Å². The van der Waals surface area contributed by atoms with Crippen LogP contribution >= 0.6 is 0 Å². The first-order valence-electron chi connectivity index (χ1n) is 11.7. The maximum absolute atomic E-state index is 13.5. The molecule has 0 spiro atoms. The van der Waals surface area contributed by atoms with Gasteiger partial charge in [0, 0.05) is 0 Å². The van der Waals surface area contributed by atoms with Crippen LogP contribution in [0.3, 0.4) is 0 Å². The highest BCUT2D eigenvalue weighted by atomic mass is 28.4. The number of ketones is 1. The van der Waals surface area contributed by atoms with Crippen molar-refractivity contribution in [2.75, 3.05) is 6.61 Å². The highest BCUT2D eigenvalue weighted by molar-refractivity contribution is 6.73. The predicted molar refractivity (Wildman–Crippen MR) is 148 cm³/mol. The van der Waals surface area contributed by atoms with Gasteiger partial charge >= 0.3 is 5.97 Å². The summed E-state index contributed by atoms with van der Waals surface area (Å²) in [6.45, 7) is 30.7. The summed E-state index contributed by atoms with van der Waals surface area (Å²) in [7, 11) is -10.6. The Labute approximate surface area is 207 Å². The Bertz CT molecular complexity index is 652. The minimum atomic E-state index is -2.26. The molecule has 0 aliphatic rings. The lowest BCUT2D eigenvalue weighted by Crippen LogP contribution is -2.58. The topological polar surface area (TPSA) is 80.3 Å². The van der Waals surface area contributed by atoms with Crippen LogP contribution in [0.25, 0.3) is 0 Å². The number of hydrogen-bond acceptors (Lipinski definition) is 7. The molecule has 0 unspecified atom stereocenters. The molecule has 0 saturated heterocycles. The molecule has 0 bridgehead atoms. The lowest BCUT2D eigenvalue weighted by molar-refractivity contribution is -0.156. The van der Waals surface area contributed by atoms with Crippen LogP contribution in [0.4, 0.5) is 0 Å². The van der Waals surface area contributed by atoms with Gasteiger partial charge in [-0.3, -0.25) is 4.79 Å². The molecule has 33 heavy (non-hydrogen) atoms. The van der Waals surface area contributed by atoms with E-state index in [-0.39, 0.29) is 6.61 Å². The Morgan fingerprint density at radius 1 is 0.576 bits per heavy atom. The van der Waals surface area contributed by atoms with Gasteiger partial charge in [-0.05, 0) is 98.2 Å². The quantitative estimate of drug-likeness (QED) is 0.209. The number of rotatable bonds is 14. The first-order valence-corrected chi connectivity index (χ1v) is 28.8. The van der Waals surface area contributed by atoms with Gasteiger partial charge in [0.05, 0.1) is 12.7 Å². The van der Waals surface area contributed by atoms with Crippen LogP contribution in [0.5, 0.6) is 0 Å². The Kier molecular flexibility index (Phi) is 11.9. The molecule has 0 rings (SSSR count). The van der Waals surface area contributed by atoms with Gasteiger partial charge in [-0.2, -0.15) is 0 Å². The maximum Gasteiger partial charge on any atom is 0.364 e. The molecule has 0 fully saturated rings. The van der Waals surface area contributed by atoms with Crippen molar-refractivity contribution in [3.8, 4) is 0 Å². The molecule has 0 aromatic carbocycles. The zero-order valence-electron chi connectivity index (χ0n) is 23.8. The van der Waals surface area contributed by atoms with Crippen LogP contribution in [0.2, 0.25) is 98.2 Å². The maximum atomic E-state index is 13.5. The van der Waals surface area contributed by atoms with E-state index in [1.165, 1.54) is 0 Å². The minimum absolute atomic E-state index is 0.289. The van der Waals surface area contributed by atoms with Crippen molar-refractivity contribution in [2.45, 2.75) is 117 Å². The van der Waals surface area contributed by atoms with Crippen LogP contribution in [0.1, 0.15) is 0 Å². The van der Waals surface area contributed by atoms with Crippen molar-refractivity contribution in [3.05, 3.63) is 0 Å². The molecule has 0 heterocycles. The molecular weight excluding hydrogens is 505 g/mol. The van der Waals surface area contributed by atoms with Crippen LogP contribution in [-0.2, 0) is 31.7 Å². The van der Waals surface area contributed by atoms with E-state index in [9.17, 15) is 9.59 Å². The number of Topliss-reactive ketones (excluding diaryl/α,β-unsaturated/α-hetero) is 1. The van der Waals surface area contributed by atoms with Crippen molar-refractivity contribution >= 4 is 53.3 Å². The third-order valence-electron chi connectivity index (χ3n) is 3.68. The number of carbonyl (C=O) groups excluding carboxylic acids is 2. The minimum Gasteiger partial charge on any atom is -0.514 e.